The minimum absolute atomic E-state index is 0.0524. The quantitative estimate of drug-likeness (QED) is 0.480. The largest absolute Gasteiger partial charge is 0.394 e. The maximum absolute atomic E-state index is 10.7. The second kappa shape index (κ2) is 4.63. The van der Waals surface area contributed by atoms with Crippen LogP contribution in [-0.2, 0) is 0 Å². The van der Waals surface area contributed by atoms with Gasteiger partial charge in [0.15, 0.2) is 0 Å². The highest BCUT2D eigenvalue weighted by Gasteiger charge is 2.23. The highest BCUT2D eigenvalue weighted by molar-refractivity contribution is 6.29. The van der Waals surface area contributed by atoms with Crippen LogP contribution in [0.4, 0.5) is 11.5 Å². The molecule has 0 aliphatic carbocycles. The monoisotopic (exact) mass is 245 g/mol. The summed E-state index contributed by atoms with van der Waals surface area (Å²) in [5.41, 5.74) is -0.881. The van der Waals surface area contributed by atoms with E-state index < -0.39 is 10.5 Å². The van der Waals surface area contributed by atoms with Gasteiger partial charge in [-0.25, -0.2) is 4.98 Å². The van der Waals surface area contributed by atoms with Crippen molar-refractivity contribution in [3.63, 3.8) is 0 Å². The van der Waals surface area contributed by atoms with Gasteiger partial charge in [-0.15, -0.1) is 0 Å². The van der Waals surface area contributed by atoms with E-state index in [1.165, 1.54) is 12.1 Å². The molecule has 0 amide bonds. The van der Waals surface area contributed by atoms with Crippen LogP contribution in [0.2, 0.25) is 5.15 Å². The van der Waals surface area contributed by atoms with Crippen LogP contribution in [-0.4, -0.2) is 27.2 Å². The summed E-state index contributed by atoms with van der Waals surface area (Å²) < 4.78 is 0. The molecule has 1 rings (SSSR count). The van der Waals surface area contributed by atoms with Crippen LogP contribution in [0.5, 0.6) is 0 Å². The van der Waals surface area contributed by atoms with Gasteiger partial charge in [-0.05, 0) is 19.9 Å². The number of aliphatic hydroxyl groups is 1. The zero-order valence-electron chi connectivity index (χ0n) is 8.90. The first kappa shape index (κ1) is 12.7. The van der Waals surface area contributed by atoms with Gasteiger partial charge in [0.2, 0.25) is 5.82 Å². The number of hydrogen-bond acceptors (Lipinski definition) is 5. The van der Waals surface area contributed by atoms with E-state index in [-0.39, 0.29) is 23.3 Å². The Morgan fingerprint density at radius 1 is 1.62 bits per heavy atom. The molecule has 0 spiro atoms. The fraction of sp³-hybridized carbons (Fsp3) is 0.444. The third-order valence-electron chi connectivity index (χ3n) is 1.89. The van der Waals surface area contributed by atoms with Gasteiger partial charge >= 0.3 is 5.69 Å². The molecule has 0 aromatic carbocycles. The minimum Gasteiger partial charge on any atom is -0.394 e. The maximum atomic E-state index is 10.7. The van der Waals surface area contributed by atoms with Gasteiger partial charge in [-0.2, -0.15) is 0 Å². The van der Waals surface area contributed by atoms with Gasteiger partial charge in [-0.1, -0.05) is 11.6 Å². The molecule has 1 heterocycles. The van der Waals surface area contributed by atoms with Gasteiger partial charge in [0, 0.05) is 6.07 Å². The van der Waals surface area contributed by atoms with Crippen LogP contribution >= 0.6 is 11.6 Å². The summed E-state index contributed by atoms with van der Waals surface area (Å²) in [4.78, 5) is 14.0. The van der Waals surface area contributed by atoms with Crippen LogP contribution < -0.4 is 5.32 Å². The number of nitro groups is 1. The first-order valence-electron chi connectivity index (χ1n) is 4.56. The number of halogens is 1. The molecule has 0 saturated heterocycles. The van der Waals surface area contributed by atoms with Crippen molar-refractivity contribution in [3.8, 4) is 0 Å². The van der Waals surface area contributed by atoms with E-state index in [0.29, 0.717) is 0 Å². The molecule has 1 aromatic rings. The molecule has 2 N–H and O–H groups in total. The third kappa shape index (κ3) is 3.04. The summed E-state index contributed by atoms with van der Waals surface area (Å²) in [5.74, 6) is 0.0524. The van der Waals surface area contributed by atoms with Crippen molar-refractivity contribution in [3.05, 3.63) is 27.4 Å². The molecule has 0 unspecified atom stereocenters. The zero-order chi connectivity index (χ0) is 12.3. The van der Waals surface area contributed by atoms with Crippen LogP contribution in [0, 0.1) is 10.1 Å². The molecule has 16 heavy (non-hydrogen) atoms. The van der Waals surface area contributed by atoms with Crippen molar-refractivity contribution in [1.82, 2.24) is 4.98 Å². The highest BCUT2D eigenvalue weighted by atomic mass is 35.5. The number of anilines is 1. The first-order valence-corrected chi connectivity index (χ1v) is 4.93. The van der Waals surface area contributed by atoms with E-state index in [1.807, 2.05) is 0 Å². The fourth-order valence-corrected chi connectivity index (χ4v) is 1.17. The van der Waals surface area contributed by atoms with E-state index in [1.54, 1.807) is 13.8 Å². The molecule has 0 aliphatic rings. The second-order valence-corrected chi connectivity index (χ2v) is 4.31. The summed E-state index contributed by atoms with van der Waals surface area (Å²) in [6.45, 7) is 3.21. The molecule has 6 nitrogen and oxygen atoms in total. The van der Waals surface area contributed by atoms with Crippen molar-refractivity contribution >= 4 is 23.1 Å². The van der Waals surface area contributed by atoms with E-state index in [2.05, 4.69) is 10.3 Å². The van der Waals surface area contributed by atoms with Gasteiger partial charge in [0.25, 0.3) is 0 Å². The SMILES string of the molecule is CC(C)(CO)Nc1nc(Cl)ccc1[N+](=O)[O-]. The van der Waals surface area contributed by atoms with Crippen molar-refractivity contribution in [2.24, 2.45) is 0 Å². The van der Waals surface area contributed by atoms with Gasteiger partial charge < -0.3 is 10.4 Å². The van der Waals surface area contributed by atoms with Gasteiger partial charge in [-0.3, -0.25) is 10.1 Å². The smallest absolute Gasteiger partial charge is 0.311 e. The topological polar surface area (TPSA) is 88.3 Å². The molecule has 7 heteroatoms. The lowest BCUT2D eigenvalue weighted by Gasteiger charge is -2.23. The van der Waals surface area contributed by atoms with Crippen LogP contribution in [0.1, 0.15) is 13.8 Å². The Hall–Kier alpha value is -1.40. The lowest BCUT2D eigenvalue weighted by molar-refractivity contribution is -0.384. The number of pyridine rings is 1. The Morgan fingerprint density at radius 2 is 2.25 bits per heavy atom. The van der Waals surface area contributed by atoms with Crippen molar-refractivity contribution in [1.29, 1.82) is 0 Å². The molecule has 0 atom stereocenters. The number of aliphatic hydroxyl groups excluding tert-OH is 1. The third-order valence-corrected chi connectivity index (χ3v) is 2.10. The summed E-state index contributed by atoms with van der Waals surface area (Å²) >= 11 is 5.66. The van der Waals surface area contributed by atoms with Gasteiger partial charge in [0.05, 0.1) is 17.1 Å². The number of nitrogens with one attached hydrogen (secondary N) is 1. The summed E-state index contributed by atoms with van der Waals surface area (Å²) in [7, 11) is 0. The van der Waals surface area contributed by atoms with Crippen molar-refractivity contribution in [2.45, 2.75) is 19.4 Å². The number of rotatable bonds is 4. The predicted octanol–water partition coefficient (Wildman–Crippen LogP) is 1.83. The number of hydrogen-bond donors (Lipinski definition) is 2. The fourth-order valence-electron chi connectivity index (χ4n) is 1.03. The molecule has 0 bridgehead atoms. The van der Waals surface area contributed by atoms with Crippen molar-refractivity contribution < 1.29 is 10.0 Å². The second-order valence-electron chi connectivity index (χ2n) is 3.93. The Morgan fingerprint density at radius 3 is 2.75 bits per heavy atom. The standard InChI is InChI=1S/C9H12ClN3O3/c1-9(2,5-14)12-8-6(13(15)16)3-4-7(10)11-8/h3-4,14H,5H2,1-2H3,(H,11,12). The molecular weight excluding hydrogens is 234 g/mol. The van der Waals surface area contributed by atoms with Crippen LogP contribution in [0.3, 0.4) is 0 Å². The van der Waals surface area contributed by atoms with Crippen LogP contribution in [0.15, 0.2) is 12.1 Å². The van der Waals surface area contributed by atoms with Gasteiger partial charge in [0.1, 0.15) is 5.15 Å². The Labute approximate surface area is 97.4 Å². The van der Waals surface area contributed by atoms with E-state index >= 15 is 0 Å². The molecule has 0 aliphatic heterocycles. The average molecular weight is 246 g/mol. The molecule has 1 aromatic heterocycles. The Balaban J connectivity index is 3.10. The number of nitrogens with zero attached hydrogens (tertiary/aromatic N) is 2. The normalized spacial score (nSPS) is 11.2. The predicted molar refractivity (Wildman–Crippen MR) is 60.7 cm³/mol. The minimum atomic E-state index is -0.706. The number of aromatic nitrogens is 1. The van der Waals surface area contributed by atoms with Crippen molar-refractivity contribution in [2.75, 3.05) is 11.9 Å². The molecule has 0 saturated carbocycles. The molecule has 0 fully saturated rings. The highest BCUT2D eigenvalue weighted by Crippen LogP contribution is 2.26. The van der Waals surface area contributed by atoms with E-state index in [9.17, 15) is 10.1 Å². The van der Waals surface area contributed by atoms with E-state index in [0.717, 1.165) is 0 Å². The molecular formula is C9H12ClN3O3. The zero-order valence-corrected chi connectivity index (χ0v) is 9.65. The van der Waals surface area contributed by atoms with E-state index in [4.69, 9.17) is 16.7 Å². The first-order chi connectivity index (χ1) is 7.35. The molecule has 88 valence electrons. The Kier molecular flexibility index (Phi) is 3.66. The van der Waals surface area contributed by atoms with Crippen LogP contribution in [0.25, 0.3) is 0 Å². The Bertz CT molecular complexity index is 409. The molecule has 0 radical (unpaired) electrons. The average Bonchev–Trinajstić information content (AvgIpc) is 2.16. The summed E-state index contributed by atoms with van der Waals surface area (Å²) in [6, 6.07) is 2.61. The summed E-state index contributed by atoms with van der Waals surface area (Å²) in [5, 5.41) is 22.7. The maximum Gasteiger partial charge on any atom is 0.311 e. The lowest BCUT2D eigenvalue weighted by atomic mass is 10.1. The lowest BCUT2D eigenvalue weighted by Crippen LogP contribution is -2.35. The summed E-state index contributed by atoms with van der Waals surface area (Å²) in [6.07, 6.45) is 0.